The van der Waals surface area contributed by atoms with E-state index in [4.69, 9.17) is 6.85 Å². The van der Waals surface area contributed by atoms with Gasteiger partial charge in [0, 0.05) is 17.1 Å². The maximum atomic E-state index is 9.69. The number of hydrogen-bond donors (Lipinski definition) is 0. The highest BCUT2D eigenvalue weighted by Crippen LogP contribution is 2.41. The summed E-state index contributed by atoms with van der Waals surface area (Å²) in [6, 6.07) is 37.7. The van der Waals surface area contributed by atoms with Gasteiger partial charge in [-0.3, -0.25) is 0 Å². The molecule has 0 atom stereocenters. The van der Waals surface area contributed by atoms with Crippen molar-refractivity contribution in [2.24, 2.45) is 0 Å². The Bertz CT molecular complexity index is 3640. The molecule has 0 saturated carbocycles. The number of nitrogens with zero attached hydrogens (tertiary/aromatic N) is 1. The first-order valence-electron chi connectivity index (χ1n) is 24.4. The molecule has 10 aromatic carbocycles. The fraction of sp³-hybridized carbons (Fsp3) is 0. The molecule has 10 aromatic rings. The Morgan fingerprint density at radius 3 is 1.58 bits per heavy atom. The summed E-state index contributed by atoms with van der Waals surface area (Å²) >= 11 is 0. The summed E-state index contributed by atoms with van der Waals surface area (Å²) in [7, 11) is 0. The van der Waals surface area contributed by atoms with E-state index in [0.29, 0.717) is 11.1 Å². The van der Waals surface area contributed by atoms with Crippen LogP contribution in [0.15, 0.2) is 224 Å². The van der Waals surface area contributed by atoms with Crippen LogP contribution in [0.25, 0.3) is 76.8 Å². The maximum Gasteiger partial charge on any atom is 0.0645 e. The van der Waals surface area contributed by atoms with Crippen LogP contribution < -0.4 is 4.90 Å². The van der Waals surface area contributed by atoms with Crippen molar-refractivity contribution >= 4 is 49.4 Å². The predicted octanol–water partition coefficient (Wildman–Crippen LogP) is 15.3. The van der Waals surface area contributed by atoms with Crippen LogP contribution in [-0.4, -0.2) is 0 Å². The van der Waals surface area contributed by atoms with Gasteiger partial charge < -0.3 is 4.90 Å². The standard InChI is InChI=1S/C54H37N/c1-3-11-38(12-4-1)39-21-29-47(30-22-39)55(48-31-23-40(24-32-48)45-28-35-51-46(37-45)20-19-41-13-7-9-17-50(41)51)49-33-25-43(26-34-49)53-36-27-42-14-8-10-18-52(42)54(53)44-15-5-2-6-16-44/h1-37H/i1D,3D,4D,11D,12D,21D,22D,25D,26D,29D,30D,33D,34D. The minimum absolute atomic E-state index is 0.0174. The minimum atomic E-state index is -0.736. The van der Waals surface area contributed by atoms with Crippen molar-refractivity contribution in [1.82, 2.24) is 0 Å². The van der Waals surface area contributed by atoms with E-state index in [1.165, 1.54) is 4.90 Å². The van der Waals surface area contributed by atoms with Gasteiger partial charge in [0.15, 0.2) is 0 Å². The summed E-state index contributed by atoms with van der Waals surface area (Å²) < 4.78 is 118. The highest BCUT2D eigenvalue weighted by atomic mass is 15.1. The molecular weight excluding hydrogens is 663 g/mol. The molecule has 0 heterocycles. The minimum Gasteiger partial charge on any atom is -0.311 e. The van der Waals surface area contributed by atoms with E-state index in [1.54, 1.807) is 30.3 Å². The quantitative estimate of drug-likeness (QED) is 0.149. The lowest BCUT2D eigenvalue weighted by Crippen LogP contribution is -2.09. The lowest BCUT2D eigenvalue weighted by Gasteiger charge is -2.26. The SMILES string of the molecule is [2H]c1c([2H])c([2H])c(-c2c([2H])c([2H])c(N(c3ccc(-c4ccc5c(ccc6ccccc65)c4)cc3)c3c([2H])c([2H])c(-c4ccc5ccccc5c4-c4ccccc4)c([2H])c3[2H])c([2H])c2[2H])c([2H])c1[2H]. The summed E-state index contributed by atoms with van der Waals surface area (Å²) in [5, 5.41) is 6.06. The molecule has 0 aliphatic rings. The molecule has 0 aliphatic carbocycles. The fourth-order valence-corrected chi connectivity index (χ4v) is 7.23. The molecular formula is C54H37N. The van der Waals surface area contributed by atoms with E-state index < -0.39 is 95.4 Å². The van der Waals surface area contributed by atoms with Crippen LogP contribution in [0.3, 0.4) is 0 Å². The van der Waals surface area contributed by atoms with Gasteiger partial charge in [-0.1, -0.05) is 182 Å². The molecule has 0 bridgehead atoms. The predicted molar refractivity (Wildman–Crippen MR) is 235 cm³/mol. The van der Waals surface area contributed by atoms with Crippen LogP contribution in [0.1, 0.15) is 17.8 Å². The molecule has 0 fully saturated rings. The molecule has 1 nitrogen and oxygen atoms in total. The van der Waals surface area contributed by atoms with E-state index >= 15 is 0 Å². The number of hydrogen-bond acceptors (Lipinski definition) is 1. The van der Waals surface area contributed by atoms with E-state index in [1.807, 2.05) is 78.9 Å². The molecule has 0 spiro atoms. The molecule has 0 amide bonds. The summed E-state index contributed by atoms with van der Waals surface area (Å²) in [5.41, 5.74) is 1.96. The molecule has 1 heteroatoms. The molecule has 0 N–H and O–H groups in total. The van der Waals surface area contributed by atoms with Gasteiger partial charge in [0.05, 0.1) is 17.8 Å². The summed E-state index contributed by atoms with van der Waals surface area (Å²) in [5.74, 6) is 0. The Labute approximate surface area is 340 Å². The summed E-state index contributed by atoms with van der Waals surface area (Å²) in [6.07, 6.45) is 0. The largest absolute Gasteiger partial charge is 0.311 e. The highest BCUT2D eigenvalue weighted by Gasteiger charge is 2.16. The maximum absolute atomic E-state index is 9.69. The van der Waals surface area contributed by atoms with Gasteiger partial charge in [-0.25, -0.2) is 0 Å². The van der Waals surface area contributed by atoms with Gasteiger partial charge >= 0.3 is 0 Å². The van der Waals surface area contributed by atoms with E-state index in [9.17, 15) is 11.0 Å². The van der Waals surface area contributed by atoms with Crippen LogP contribution in [0.2, 0.25) is 0 Å². The summed E-state index contributed by atoms with van der Waals surface area (Å²) in [6.45, 7) is 0. The van der Waals surface area contributed by atoms with Gasteiger partial charge in [-0.05, 0) is 119 Å². The van der Waals surface area contributed by atoms with Gasteiger partial charge in [0.2, 0.25) is 0 Å². The lowest BCUT2D eigenvalue weighted by molar-refractivity contribution is 1.28. The molecule has 0 aliphatic heterocycles. The molecule has 258 valence electrons. The summed E-state index contributed by atoms with van der Waals surface area (Å²) in [4.78, 5) is 1.19. The second kappa shape index (κ2) is 14.0. The van der Waals surface area contributed by atoms with Gasteiger partial charge in [0.25, 0.3) is 0 Å². The zero-order valence-electron chi connectivity index (χ0n) is 42.3. The van der Waals surface area contributed by atoms with Crippen molar-refractivity contribution in [2.75, 3.05) is 4.90 Å². The molecule has 0 unspecified atom stereocenters. The van der Waals surface area contributed by atoms with Crippen LogP contribution in [-0.2, 0) is 0 Å². The second-order valence-electron chi connectivity index (χ2n) is 13.1. The van der Waals surface area contributed by atoms with Gasteiger partial charge in [0.1, 0.15) is 0 Å². The zero-order chi connectivity index (χ0) is 47.9. The lowest BCUT2D eigenvalue weighted by atomic mass is 9.90. The van der Waals surface area contributed by atoms with Crippen LogP contribution in [0.4, 0.5) is 17.1 Å². The molecule has 0 aromatic heterocycles. The average Bonchev–Trinajstić information content (AvgIpc) is 3.36. The monoisotopic (exact) mass is 712 g/mol. The Hall–Kier alpha value is -7.22. The Kier molecular flexibility index (Phi) is 5.45. The van der Waals surface area contributed by atoms with Gasteiger partial charge in [-0.2, -0.15) is 0 Å². The van der Waals surface area contributed by atoms with Gasteiger partial charge in [-0.15, -0.1) is 0 Å². The normalized spacial score (nSPS) is 14.6. The zero-order valence-corrected chi connectivity index (χ0v) is 29.3. The molecule has 0 saturated heterocycles. The average molecular weight is 713 g/mol. The number of rotatable bonds is 7. The Morgan fingerprint density at radius 2 is 0.855 bits per heavy atom. The topological polar surface area (TPSA) is 3.24 Å². The van der Waals surface area contributed by atoms with E-state index in [2.05, 4.69) is 36.4 Å². The van der Waals surface area contributed by atoms with Crippen molar-refractivity contribution < 1.29 is 17.8 Å². The van der Waals surface area contributed by atoms with Crippen molar-refractivity contribution in [2.45, 2.75) is 0 Å². The third-order valence-electron chi connectivity index (χ3n) is 9.89. The number of anilines is 3. The number of fused-ring (bicyclic) bond motifs is 4. The Balaban J connectivity index is 1.21. The first-order valence-corrected chi connectivity index (χ1v) is 17.9. The molecule has 10 rings (SSSR count). The van der Waals surface area contributed by atoms with Crippen molar-refractivity contribution in [1.29, 1.82) is 0 Å². The Morgan fingerprint density at radius 1 is 0.309 bits per heavy atom. The molecule has 55 heavy (non-hydrogen) atoms. The third-order valence-corrected chi connectivity index (χ3v) is 9.89. The fourth-order valence-electron chi connectivity index (χ4n) is 7.23. The van der Waals surface area contributed by atoms with Crippen LogP contribution in [0, 0.1) is 0 Å². The first-order chi connectivity index (χ1) is 32.7. The van der Waals surface area contributed by atoms with E-state index in [-0.39, 0.29) is 16.9 Å². The second-order valence-corrected chi connectivity index (χ2v) is 13.1. The smallest absolute Gasteiger partial charge is 0.0645 e. The highest BCUT2D eigenvalue weighted by molar-refractivity contribution is 6.08. The van der Waals surface area contributed by atoms with Crippen molar-refractivity contribution in [3.05, 3.63) is 224 Å². The van der Waals surface area contributed by atoms with E-state index in [0.717, 1.165) is 49.0 Å². The first kappa shape index (κ1) is 21.5. The van der Waals surface area contributed by atoms with Crippen LogP contribution in [0.5, 0.6) is 0 Å². The molecule has 0 radical (unpaired) electrons. The third kappa shape index (κ3) is 6.12. The van der Waals surface area contributed by atoms with Crippen molar-refractivity contribution in [3.8, 4) is 44.5 Å². The van der Waals surface area contributed by atoms with Crippen molar-refractivity contribution in [3.63, 3.8) is 0 Å². The van der Waals surface area contributed by atoms with Crippen LogP contribution >= 0.6 is 0 Å². The number of benzene rings is 10.